The summed E-state index contributed by atoms with van der Waals surface area (Å²) in [7, 11) is 0. The lowest BCUT2D eigenvalue weighted by molar-refractivity contribution is 0.321. The summed E-state index contributed by atoms with van der Waals surface area (Å²) in [5.41, 5.74) is 0. The van der Waals surface area contributed by atoms with Crippen LogP contribution in [0.4, 0.5) is 0 Å². The molecule has 2 heterocycles. The molecule has 2 aromatic heterocycles. The minimum atomic E-state index is 0. The molecule has 0 saturated heterocycles. The van der Waals surface area contributed by atoms with Crippen molar-refractivity contribution in [3.05, 3.63) is 41.6 Å². The van der Waals surface area contributed by atoms with Crippen molar-refractivity contribution in [2.45, 2.75) is 7.43 Å². The Labute approximate surface area is 146 Å². The Bertz CT molecular complexity index is 584. The van der Waals surface area contributed by atoms with E-state index in [1.807, 2.05) is 22.9 Å². The molecule has 0 saturated carbocycles. The fourth-order valence-corrected chi connectivity index (χ4v) is 4.05. The third kappa shape index (κ3) is 5.92. The summed E-state index contributed by atoms with van der Waals surface area (Å²) >= 11 is 15.0. The van der Waals surface area contributed by atoms with E-state index in [9.17, 15) is 0 Å². The maximum atomic E-state index is 8.27. The van der Waals surface area contributed by atoms with Gasteiger partial charge in [-0.2, -0.15) is 0 Å². The molecule has 0 aliphatic rings. The number of hydrogen-bond acceptors (Lipinski definition) is 6. The summed E-state index contributed by atoms with van der Waals surface area (Å²) in [6.45, 7) is 0. The molecule has 0 amide bonds. The van der Waals surface area contributed by atoms with E-state index in [4.69, 9.17) is 22.0 Å². The molecule has 4 nitrogen and oxygen atoms in total. The summed E-state index contributed by atoms with van der Waals surface area (Å²) in [4.78, 5) is 1.67. The fourth-order valence-electron chi connectivity index (χ4n) is 0.936. The third-order valence-corrected chi connectivity index (χ3v) is 5.74. The first-order valence-corrected chi connectivity index (χ1v) is 8.33. The second-order valence-electron chi connectivity index (χ2n) is 2.87. The smallest absolute Gasteiger partial charge is 0.186 e. The molecule has 110 valence electrons. The molecule has 0 spiro atoms. The molecular formula is C11H11Br2ClN2O2S2. The van der Waals surface area contributed by atoms with Gasteiger partial charge in [-0.3, -0.25) is 0 Å². The molecule has 0 aromatic carbocycles. The van der Waals surface area contributed by atoms with Gasteiger partial charge >= 0.3 is 0 Å². The maximum absolute atomic E-state index is 8.27. The van der Waals surface area contributed by atoms with E-state index in [0.29, 0.717) is 0 Å². The van der Waals surface area contributed by atoms with E-state index in [0.717, 1.165) is 18.7 Å². The lowest BCUT2D eigenvalue weighted by Gasteiger charge is -1.88. The number of rotatable bonds is 2. The van der Waals surface area contributed by atoms with E-state index in [1.165, 1.54) is 28.9 Å². The van der Waals surface area contributed by atoms with E-state index < -0.39 is 0 Å². The highest BCUT2D eigenvalue weighted by Gasteiger charge is 2.05. The molecule has 2 N–H and O–H groups in total. The Morgan fingerprint density at radius 3 is 2.15 bits per heavy atom. The van der Waals surface area contributed by atoms with E-state index in [-0.39, 0.29) is 12.6 Å². The first-order valence-electron chi connectivity index (χ1n) is 4.61. The van der Waals surface area contributed by atoms with Crippen LogP contribution in [-0.4, -0.2) is 21.8 Å². The summed E-state index contributed by atoms with van der Waals surface area (Å²) in [5.74, 6) is 0. The van der Waals surface area contributed by atoms with Crippen molar-refractivity contribution in [3.63, 3.8) is 0 Å². The monoisotopic (exact) mass is 460 g/mol. The molecule has 20 heavy (non-hydrogen) atoms. The van der Waals surface area contributed by atoms with Crippen molar-refractivity contribution in [1.29, 1.82) is 0 Å². The highest BCUT2D eigenvalue weighted by atomic mass is 79.9. The van der Waals surface area contributed by atoms with Gasteiger partial charge in [-0.05, 0) is 54.8 Å². The van der Waals surface area contributed by atoms with Crippen LogP contribution in [0.2, 0.25) is 0 Å². The molecule has 0 bridgehead atoms. The topological polar surface area (TPSA) is 65.2 Å². The Kier molecular flexibility index (Phi) is 10.1. The molecule has 2 aromatic rings. The van der Waals surface area contributed by atoms with Gasteiger partial charge in [0, 0.05) is 8.95 Å². The van der Waals surface area contributed by atoms with Crippen LogP contribution >= 0.6 is 66.1 Å². The van der Waals surface area contributed by atoms with Gasteiger partial charge in [-0.15, -0.1) is 22.7 Å². The lowest BCUT2D eigenvalue weighted by Crippen LogP contribution is -1.85. The molecule has 9 heteroatoms. The fraction of sp³-hybridized carbons (Fsp3) is 0.0909. The van der Waals surface area contributed by atoms with Crippen LogP contribution in [0.15, 0.2) is 42.1 Å². The second-order valence-corrected chi connectivity index (χ2v) is 6.80. The van der Waals surface area contributed by atoms with Crippen molar-refractivity contribution in [2.24, 2.45) is 10.3 Å². The zero-order chi connectivity index (χ0) is 14.3. The molecule has 0 aliphatic carbocycles. The van der Waals surface area contributed by atoms with Gasteiger partial charge in [-0.1, -0.05) is 29.3 Å². The van der Waals surface area contributed by atoms with Crippen LogP contribution in [0.1, 0.15) is 17.2 Å². The predicted octanol–water partition coefficient (Wildman–Crippen LogP) is 5.84. The number of hydrogen-bond donors (Lipinski definition) is 2. The summed E-state index contributed by atoms with van der Waals surface area (Å²) in [6.07, 6.45) is 1.40. The second kappa shape index (κ2) is 10.3. The average Bonchev–Trinajstić information content (AvgIpc) is 2.99. The van der Waals surface area contributed by atoms with Crippen molar-refractivity contribution < 1.29 is 10.4 Å². The van der Waals surface area contributed by atoms with Crippen LogP contribution in [0.25, 0.3) is 0 Å². The highest BCUT2D eigenvalue weighted by Crippen LogP contribution is 2.24. The average molecular weight is 463 g/mol. The molecule has 0 radical (unpaired) electrons. The summed E-state index contributed by atoms with van der Waals surface area (Å²) in [5, 5.41) is 26.0. The first kappa shape index (κ1) is 19.6. The van der Waals surface area contributed by atoms with Gasteiger partial charge in [0.25, 0.3) is 0 Å². The van der Waals surface area contributed by atoms with Crippen LogP contribution < -0.4 is 0 Å². The Hall–Kier alpha value is -0.410. The third-order valence-electron chi connectivity index (χ3n) is 1.71. The van der Waals surface area contributed by atoms with E-state index in [1.54, 1.807) is 0 Å². The van der Waals surface area contributed by atoms with Gasteiger partial charge in [-0.25, -0.2) is 0 Å². The van der Waals surface area contributed by atoms with E-state index in [2.05, 4.69) is 42.2 Å². The maximum Gasteiger partial charge on any atom is 0.186 e. The molecule has 0 atom stereocenters. The molecule has 2 rings (SSSR count). The Morgan fingerprint density at radius 1 is 1.15 bits per heavy atom. The van der Waals surface area contributed by atoms with Gasteiger partial charge in [0.1, 0.15) is 0 Å². The largest absolute Gasteiger partial charge is 0.411 e. The number of halogens is 3. The zero-order valence-corrected chi connectivity index (χ0v) is 14.7. The Morgan fingerprint density at radius 2 is 1.75 bits per heavy atom. The zero-order valence-electron chi connectivity index (χ0n) is 9.13. The number of thiophene rings is 2. The lowest BCUT2D eigenvalue weighted by atomic mass is 10.5. The minimum absolute atomic E-state index is 0. The molecule has 0 fully saturated rings. The summed E-state index contributed by atoms with van der Waals surface area (Å²) in [6, 6.07) is 3.75. The number of nitrogens with zero attached hydrogens (tertiary/aromatic N) is 2. The highest BCUT2D eigenvalue weighted by molar-refractivity contribution is 9.11. The molecular weight excluding hydrogens is 452 g/mol. The van der Waals surface area contributed by atoms with Gasteiger partial charge in [0.05, 0.1) is 16.0 Å². The van der Waals surface area contributed by atoms with Gasteiger partial charge in [0.2, 0.25) is 0 Å². The normalized spacial score (nSPS) is 10.8. The van der Waals surface area contributed by atoms with Crippen molar-refractivity contribution >= 4 is 77.5 Å². The van der Waals surface area contributed by atoms with E-state index >= 15 is 0 Å². The van der Waals surface area contributed by atoms with Crippen LogP contribution in [0.5, 0.6) is 0 Å². The minimum Gasteiger partial charge on any atom is -0.411 e. The first-order chi connectivity index (χ1) is 9.10. The van der Waals surface area contributed by atoms with Crippen molar-refractivity contribution in [3.8, 4) is 0 Å². The standard InChI is InChI=1S/C5H3BrClNOS.C5H4BrNOS.CH4/c6-3-1-2-10-4(3)5(7)8-9;6-4-1-2-9-5(4)3-7-8;/h1-2,9H;1-3,8H;1H4/b8-5-;7-3+;. The Balaban J connectivity index is 0.000000345. The van der Waals surface area contributed by atoms with Gasteiger partial charge in [0.15, 0.2) is 5.17 Å². The summed E-state index contributed by atoms with van der Waals surface area (Å²) < 4.78 is 1.81. The van der Waals surface area contributed by atoms with Crippen LogP contribution in [0, 0.1) is 0 Å². The van der Waals surface area contributed by atoms with Crippen LogP contribution in [0.3, 0.4) is 0 Å². The quantitative estimate of drug-likeness (QED) is 0.335. The number of oxime groups is 2. The molecule has 0 aliphatic heterocycles. The van der Waals surface area contributed by atoms with Crippen molar-refractivity contribution in [1.82, 2.24) is 0 Å². The SMILES string of the molecule is C.O/N=C(\Cl)c1sccc1Br.O/N=C/c1sccc1Br. The molecule has 0 unspecified atom stereocenters. The van der Waals surface area contributed by atoms with Gasteiger partial charge < -0.3 is 10.4 Å². The van der Waals surface area contributed by atoms with Crippen molar-refractivity contribution in [2.75, 3.05) is 0 Å². The predicted molar refractivity (Wildman–Crippen MR) is 94.3 cm³/mol. The van der Waals surface area contributed by atoms with Crippen LogP contribution in [-0.2, 0) is 0 Å².